The first-order valence-electron chi connectivity index (χ1n) is 5.32. The maximum absolute atomic E-state index is 12.0. The van der Waals surface area contributed by atoms with Gasteiger partial charge in [-0.1, -0.05) is 6.08 Å². The molecule has 16 heavy (non-hydrogen) atoms. The van der Waals surface area contributed by atoms with E-state index in [0.717, 1.165) is 0 Å². The highest BCUT2D eigenvalue weighted by Crippen LogP contribution is 2.04. The third kappa shape index (κ3) is 4.33. The van der Waals surface area contributed by atoms with Gasteiger partial charge < -0.3 is 14.9 Å². The van der Waals surface area contributed by atoms with Gasteiger partial charge in [0.25, 0.3) is 0 Å². The van der Waals surface area contributed by atoms with Crippen LogP contribution in [0.1, 0.15) is 20.8 Å². The Morgan fingerprint density at radius 2 is 2.00 bits per heavy atom. The zero-order chi connectivity index (χ0) is 12.7. The maximum atomic E-state index is 12.0. The summed E-state index contributed by atoms with van der Waals surface area (Å²) in [7, 11) is 0. The number of carboxylic acid groups (broad SMARTS) is 1. The highest BCUT2D eigenvalue weighted by atomic mass is 16.4. The smallest absolute Gasteiger partial charge is 0.323 e. The van der Waals surface area contributed by atoms with E-state index in [2.05, 4.69) is 6.58 Å². The molecule has 0 aliphatic rings. The van der Waals surface area contributed by atoms with Crippen molar-refractivity contribution in [3.8, 4) is 0 Å². The lowest BCUT2D eigenvalue weighted by Gasteiger charge is -2.31. The molecule has 0 spiro atoms. The molecule has 0 saturated carbocycles. The molecule has 5 nitrogen and oxygen atoms in total. The molecule has 0 rings (SSSR count). The van der Waals surface area contributed by atoms with Gasteiger partial charge in [-0.05, 0) is 20.8 Å². The van der Waals surface area contributed by atoms with Crippen molar-refractivity contribution in [2.45, 2.75) is 26.8 Å². The highest BCUT2D eigenvalue weighted by molar-refractivity contribution is 5.80. The van der Waals surface area contributed by atoms with Gasteiger partial charge in [-0.25, -0.2) is 4.79 Å². The monoisotopic (exact) mass is 228 g/mol. The second-order valence-electron chi connectivity index (χ2n) is 3.73. The fraction of sp³-hybridized carbons (Fsp3) is 0.636. The topological polar surface area (TPSA) is 60.9 Å². The van der Waals surface area contributed by atoms with Crippen molar-refractivity contribution in [2.24, 2.45) is 0 Å². The molecule has 0 aromatic heterocycles. The number of hydrogen-bond acceptors (Lipinski definition) is 2. The minimum absolute atomic E-state index is 0.0543. The number of rotatable bonds is 6. The Balaban J connectivity index is 4.69. The van der Waals surface area contributed by atoms with E-state index in [4.69, 9.17) is 5.11 Å². The summed E-state index contributed by atoms with van der Waals surface area (Å²) in [6, 6.07) is -0.210. The third-order valence-corrected chi connectivity index (χ3v) is 2.16. The SMILES string of the molecule is C=CCN(CC(=O)O)C(=O)N(CC)C(C)C. The summed E-state index contributed by atoms with van der Waals surface area (Å²) in [6.45, 7) is 9.68. The lowest BCUT2D eigenvalue weighted by Crippen LogP contribution is -2.48. The molecule has 0 bridgehead atoms. The standard InChI is InChI=1S/C11H20N2O3/c1-5-7-12(8-10(14)15)11(16)13(6-2)9(3)4/h5,9H,1,6-8H2,2-4H3,(H,14,15). The second kappa shape index (κ2) is 6.87. The van der Waals surface area contributed by atoms with E-state index in [1.165, 1.54) is 11.0 Å². The van der Waals surface area contributed by atoms with Crippen molar-refractivity contribution in [3.05, 3.63) is 12.7 Å². The zero-order valence-corrected chi connectivity index (χ0v) is 10.1. The Morgan fingerprint density at radius 3 is 2.31 bits per heavy atom. The molecule has 0 aromatic carbocycles. The molecular formula is C11H20N2O3. The summed E-state index contributed by atoms with van der Waals surface area (Å²) in [5.41, 5.74) is 0. The Kier molecular flexibility index (Phi) is 6.22. The summed E-state index contributed by atoms with van der Waals surface area (Å²) >= 11 is 0. The number of carbonyl (C=O) groups excluding carboxylic acids is 1. The second-order valence-corrected chi connectivity index (χ2v) is 3.73. The first kappa shape index (κ1) is 14.5. The largest absolute Gasteiger partial charge is 0.480 e. The molecule has 0 fully saturated rings. The van der Waals surface area contributed by atoms with Crippen molar-refractivity contribution in [1.29, 1.82) is 0 Å². The van der Waals surface area contributed by atoms with Crippen molar-refractivity contribution in [3.63, 3.8) is 0 Å². The summed E-state index contributed by atoms with van der Waals surface area (Å²) in [5, 5.41) is 8.71. The van der Waals surface area contributed by atoms with Crippen molar-refractivity contribution >= 4 is 12.0 Å². The summed E-state index contributed by atoms with van der Waals surface area (Å²) in [4.78, 5) is 25.5. The van der Waals surface area contributed by atoms with Gasteiger partial charge in [0, 0.05) is 19.1 Å². The van der Waals surface area contributed by atoms with Crippen LogP contribution in [0.5, 0.6) is 0 Å². The maximum Gasteiger partial charge on any atom is 0.323 e. The Labute approximate surface area is 96.3 Å². The Bertz CT molecular complexity index is 264. The number of carboxylic acids is 1. The number of hydrogen-bond donors (Lipinski definition) is 1. The molecule has 0 atom stereocenters. The van der Waals surface area contributed by atoms with E-state index < -0.39 is 5.97 Å². The molecule has 0 heterocycles. The van der Waals surface area contributed by atoms with Gasteiger partial charge in [0.15, 0.2) is 0 Å². The van der Waals surface area contributed by atoms with Crippen LogP contribution < -0.4 is 0 Å². The third-order valence-electron chi connectivity index (χ3n) is 2.16. The molecule has 0 aliphatic heterocycles. The molecule has 2 amide bonds. The molecule has 92 valence electrons. The quantitative estimate of drug-likeness (QED) is 0.699. The Hall–Kier alpha value is -1.52. The van der Waals surface area contributed by atoms with Gasteiger partial charge in [-0.15, -0.1) is 6.58 Å². The van der Waals surface area contributed by atoms with Gasteiger partial charge in [-0.3, -0.25) is 4.79 Å². The van der Waals surface area contributed by atoms with Crippen LogP contribution in [0.2, 0.25) is 0 Å². The van der Waals surface area contributed by atoms with Crippen LogP contribution in [0.15, 0.2) is 12.7 Å². The molecule has 0 aliphatic carbocycles. The predicted octanol–water partition coefficient (Wildman–Crippen LogP) is 1.41. The van der Waals surface area contributed by atoms with E-state index in [0.29, 0.717) is 6.54 Å². The van der Waals surface area contributed by atoms with Crippen LogP contribution in [-0.4, -0.2) is 52.6 Å². The van der Waals surface area contributed by atoms with Crippen LogP contribution in [-0.2, 0) is 4.79 Å². The van der Waals surface area contributed by atoms with Gasteiger partial charge in [0.05, 0.1) is 0 Å². The lowest BCUT2D eigenvalue weighted by molar-refractivity contribution is -0.137. The molecule has 0 aromatic rings. The first-order valence-corrected chi connectivity index (χ1v) is 5.32. The van der Waals surface area contributed by atoms with Crippen LogP contribution in [0, 0.1) is 0 Å². The molecule has 0 saturated heterocycles. The van der Waals surface area contributed by atoms with E-state index in [9.17, 15) is 9.59 Å². The first-order chi connectivity index (χ1) is 7.43. The van der Waals surface area contributed by atoms with Gasteiger partial charge >= 0.3 is 12.0 Å². The van der Waals surface area contributed by atoms with Crippen LogP contribution >= 0.6 is 0 Å². The number of amides is 2. The number of aliphatic carboxylic acids is 1. The average Bonchev–Trinajstić information content (AvgIpc) is 2.16. The van der Waals surface area contributed by atoms with Gasteiger partial charge in [0.1, 0.15) is 6.54 Å². The molecule has 1 N–H and O–H groups in total. The average molecular weight is 228 g/mol. The lowest BCUT2D eigenvalue weighted by atomic mass is 10.3. The molecule has 5 heteroatoms. The zero-order valence-electron chi connectivity index (χ0n) is 10.1. The highest BCUT2D eigenvalue weighted by Gasteiger charge is 2.22. The van der Waals surface area contributed by atoms with E-state index in [1.807, 2.05) is 20.8 Å². The predicted molar refractivity (Wildman–Crippen MR) is 62.3 cm³/mol. The summed E-state index contributed by atoms with van der Waals surface area (Å²) in [6.07, 6.45) is 1.52. The van der Waals surface area contributed by atoms with Crippen molar-refractivity contribution in [2.75, 3.05) is 19.6 Å². The minimum Gasteiger partial charge on any atom is -0.480 e. The molecule has 0 radical (unpaired) electrons. The van der Waals surface area contributed by atoms with Crippen LogP contribution in [0.4, 0.5) is 4.79 Å². The minimum atomic E-state index is -1.02. The summed E-state index contributed by atoms with van der Waals surface area (Å²) in [5.74, 6) is -1.02. The van der Waals surface area contributed by atoms with Crippen molar-refractivity contribution < 1.29 is 14.7 Å². The number of urea groups is 1. The van der Waals surface area contributed by atoms with Gasteiger partial charge in [0.2, 0.25) is 0 Å². The number of carbonyl (C=O) groups is 2. The van der Waals surface area contributed by atoms with Gasteiger partial charge in [-0.2, -0.15) is 0 Å². The van der Waals surface area contributed by atoms with Crippen molar-refractivity contribution in [1.82, 2.24) is 9.80 Å². The molecular weight excluding hydrogens is 208 g/mol. The number of nitrogens with zero attached hydrogens (tertiary/aromatic N) is 2. The Morgan fingerprint density at radius 1 is 1.44 bits per heavy atom. The van der Waals surface area contributed by atoms with E-state index in [1.54, 1.807) is 4.90 Å². The summed E-state index contributed by atoms with van der Waals surface area (Å²) < 4.78 is 0. The van der Waals surface area contributed by atoms with Crippen LogP contribution in [0.25, 0.3) is 0 Å². The van der Waals surface area contributed by atoms with E-state index >= 15 is 0 Å². The normalized spacial score (nSPS) is 10.0. The van der Waals surface area contributed by atoms with Crippen LogP contribution in [0.3, 0.4) is 0 Å². The molecule has 0 unspecified atom stereocenters. The van der Waals surface area contributed by atoms with E-state index in [-0.39, 0.29) is 25.2 Å². The fourth-order valence-corrected chi connectivity index (χ4v) is 1.43. The fourth-order valence-electron chi connectivity index (χ4n) is 1.43.